The van der Waals surface area contributed by atoms with Crippen molar-refractivity contribution in [1.82, 2.24) is 14.9 Å². The van der Waals surface area contributed by atoms with E-state index in [1.807, 2.05) is 59.5 Å². The summed E-state index contributed by atoms with van der Waals surface area (Å²) in [6.45, 7) is 9.02. The van der Waals surface area contributed by atoms with Crippen molar-refractivity contribution in [2.24, 2.45) is 0 Å². The molecule has 202 valence electrons. The predicted octanol–water partition coefficient (Wildman–Crippen LogP) is 5.54. The number of carbonyl (C=O) groups is 1. The van der Waals surface area contributed by atoms with Crippen LogP contribution in [-0.4, -0.2) is 70.1 Å². The van der Waals surface area contributed by atoms with Gasteiger partial charge in [-0.05, 0) is 20.8 Å². The van der Waals surface area contributed by atoms with E-state index >= 15 is 0 Å². The van der Waals surface area contributed by atoms with Crippen LogP contribution in [-0.2, 0) is 17.3 Å². The number of nitrogens with zero attached hydrogens (tertiary/aromatic N) is 4. The quantitative estimate of drug-likeness (QED) is 0.440. The minimum absolute atomic E-state index is 0.116. The van der Waals surface area contributed by atoms with Gasteiger partial charge in [-0.1, -0.05) is 0 Å². The van der Waals surface area contributed by atoms with Crippen molar-refractivity contribution in [1.29, 1.82) is 0 Å². The Bertz CT molecular complexity index is 1180. The number of aromatic nitrogens is 2. The predicted molar refractivity (Wildman–Crippen MR) is 142 cm³/mol. The van der Waals surface area contributed by atoms with Crippen molar-refractivity contribution < 1.29 is 22.7 Å². The van der Waals surface area contributed by atoms with Gasteiger partial charge in [-0.25, -0.2) is 4.79 Å². The zero-order chi connectivity index (χ0) is 27.3. The summed E-state index contributed by atoms with van der Waals surface area (Å²) in [5.74, 6) is 0.185. The van der Waals surface area contributed by atoms with Gasteiger partial charge in [-0.3, -0.25) is 0 Å². The molecule has 1 amide bonds. The van der Waals surface area contributed by atoms with Gasteiger partial charge in [0.05, 0.1) is 0 Å². The second kappa shape index (κ2) is 9.81. The summed E-state index contributed by atoms with van der Waals surface area (Å²) in [6, 6.07) is 6.39. The van der Waals surface area contributed by atoms with Crippen molar-refractivity contribution in [3.63, 3.8) is 0 Å². The average molecular weight is 626 g/mol. The molecule has 2 aromatic rings. The second-order valence-electron chi connectivity index (χ2n) is 11.9. The molecular weight excluding hydrogens is 590 g/mol. The van der Waals surface area contributed by atoms with Gasteiger partial charge in [0, 0.05) is 0 Å². The van der Waals surface area contributed by atoms with Crippen molar-refractivity contribution in [2.45, 2.75) is 79.2 Å². The number of rotatable bonds is 5. The third kappa shape index (κ3) is 6.09. The van der Waals surface area contributed by atoms with Gasteiger partial charge in [0.25, 0.3) is 0 Å². The number of likely N-dealkylation sites (tertiary alicyclic amines) is 1. The van der Waals surface area contributed by atoms with E-state index in [0.29, 0.717) is 6.54 Å². The molecule has 0 aliphatic carbocycles. The van der Waals surface area contributed by atoms with E-state index in [9.17, 15) is 18.0 Å². The third-order valence-electron chi connectivity index (χ3n) is 6.72. The van der Waals surface area contributed by atoms with E-state index in [-0.39, 0.29) is 27.8 Å². The number of carbonyl (C=O) groups excluding carboxylic acids is 1. The molecule has 2 bridgehead atoms. The van der Waals surface area contributed by atoms with E-state index in [0.717, 1.165) is 42.5 Å². The number of ether oxygens (including phenoxy) is 1. The van der Waals surface area contributed by atoms with Crippen LogP contribution in [0, 0.1) is 0 Å². The van der Waals surface area contributed by atoms with Gasteiger partial charge in [-0.15, -0.1) is 0 Å². The third-order valence-corrected chi connectivity index (χ3v) is 11.9. The molecule has 2 saturated heterocycles. The van der Waals surface area contributed by atoms with Crippen LogP contribution in [0.5, 0.6) is 0 Å². The Kier molecular flexibility index (Phi) is 7.37. The molecule has 1 aromatic carbocycles. The zero-order valence-electron chi connectivity index (χ0n) is 22.5. The molecule has 1 N–H and O–H groups in total. The van der Waals surface area contributed by atoms with Gasteiger partial charge < -0.3 is 4.74 Å². The number of alkyl halides is 3. The van der Waals surface area contributed by atoms with Crippen LogP contribution < -0.4 is 13.9 Å². The second-order valence-corrected chi connectivity index (χ2v) is 26.0. The van der Waals surface area contributed by atoms with Gasteiger partial charge in [0.2, 0.25) is 0 Å². The molecule has 0 saturated carbocycles. The Hall–Kier alpha value is -2.24. The molecule has 1 aromatic heterocycles. The van der Waals surface area contributed by atoms with Gasteiger partial charge >= 0.3 is 185 Å². The van der Waals surface area contributed by atoms with E-state index in [4.69, 9.17) is 4.74 Å². The monoisotopic (exact) mass is 627 g/mol. The number of hydrogen-bond donors (Lipinski definition) is 1. The van der Waals surface area contributed by atoms with Crippen LogP contribution in [0.2, 0.25) is 14.8 Å². The summed E-state index contributed by atoms with van der Waals surface area (Å²) in [5, 5.41) is 3.17. The van der Waals surface area contributed by atoms with Crippen LogP contribution in [0.3, 0.4) is 0 Å². The number of anilines is 3. The van der Waals surface area contributed by atoms with Crippen LogP contribution >= 0.6 is 0 Å². The van der Waals surface area contributed by atoms with Crippen LogP contribution in [0.4, 0.5) is 35.3 Å². The van der Waals surface area contributed by atoms with Gasteiger partial charge in [0.1, 0.15) is 5.60 Å². The summed E-state index contributed by atoms with van der Waals surface area (Å²) >= 11 is -3.18. The van der Waals surface area contributed by atoms with Crippen LogP contribution in [0.1, 0.15) is 45.2 Å². The Balaban J connectivity index is 1.52. The van der Waals surface area contributed by atoms with Crippen molar-refractivity contribution in [3.05, 3.63) is 35.5 Å². The fourth-order valence-corrected chi connectivity index (χ4v) is 9.20. The van der Waals surface area contributed by atoms with Crippen LogP contribution in [0.15, 0.2) is 24.4 Å². The maximum absolute atomic E-state index is 13.6. The first-order valence-corrected chi connectivity index (χ1v) is 22.7. The molecule has 0 unspecified atom stereocenters. The van der Waals surface area contributed by atoms with Crippen molar-refractivity contribution in [2.75, 3.05) is 23.3 Å². The number of benzene rings is 1. The SMILES string of the molecule is CCc1cc(N2C[C@H]3C[C@@H]2CN3C(=O)OC(C)(C)C)ccc1Nc1ncc(C(F)(F)F)[c]([Sn]([CH3])([CH3])[CH3])n1. The molecule has 2 aliphatic rings. The Morgan fingerprint density at radius 1 is 1.16 bits per heavy atom. The molecule has 0 spiro atoms. The number of nitrogens with one attached hydrogen (secondary N) is 1. The molecule has 37 heavy (non-hydrogen) atoms. The fourth-order valence-electron chi connectivity index (χ4n) is 5.04. The molecule has 4 rings (SSSR count). The number of piperazine rings is 1. The number of fused-ring (bicyclic) bond motifs is 2. The summed E-state index contributed by atoms with van der Waals surface area (Å²) < 4.78 is 46.4. The molecule has 11 heteroatoms. The molecule has 0 radical (unpaired) electrons. The first-order chi connectivity index (χ1) is 17.1. The molecule has 3 heterocycles. The Labute approximate surface area is 220 Å². The fraction of sp³-hybridized carbons (Fsp3) is 0.577. The summed E-state index contributed by atoms with van der Waals surface area (Å²) in [5.41, 5.74) is 1.62. The summed E-state index contributed by atoms with van der Waals surface area (Å²) in [4.78, 5) is 30.8. The molecular formula is C26H36F3N5O2Sn. The Morgan fingerprint density at radius 3 is 2.41 bits per heavy atom. The number of hydrogen-bond acceptors (Lipinski definition) is 6. The zero-order valence-corrected chi connectivity index (χ0v) is 25.4. The molecule has 2 atom stereocenters. The average Bonchev–Trinajstić information content (AvgIpc) is 3.38. The summed E-state index contributed by atoms with van der Waals surface area (Å²) in [7, 11) is 0. The van der Waals surface area contributed by atoms with Crippen LogP contribution in [0.25, 0.3) is 0 Å². The number of amides is 1. The van der Waals surface area contributed by atoms with E-state index in [1.54, 1.807) is 0 Å². The maximum atomic E-state index is 13.6. The first kappa shape index (κ1) is 27.8. The van der Waals surface area contributed by atoms with Gasteiger partial charge in [-0.2, -0.15) is 0 Å². The first-order valence-electron chi connectivity index (χ1n) is 12.7. The topological polar surface area (TPSA) is 70.6 Å². The number of aryl methyl sites for hydroxylation is 1. The van der Waals surface area contributed by atoms with E-state index in [1.165, 1.54) is 0 Å². The van der Waals surface area contributed by atoms with Crippen molar-refractivity contribution in [3.8, 4) is 0 Å². The van der Waals surface area contributed by atoms with Crippen molar-refractivity contribution >= 4 is 45.5 Å². The van der Waals surface area contributed by atoms with E-state index in [2.05, 4.69) is 26.3 Å². The minimum atomic E-state index is -4.47. The normalized spacial score (nSPS) is 19.9. The Morgan fingerprint density at radius 2 is 1.86 bits per heavy atom. The molecule has 7 nitrogen and oxygen atoms in total. The number of halogens is 3. The summed E-state index contributed by atoms with van der Waals surface area (Å²) in [6.07, 6.45) is -2.19. The van der Waals surface area contributed by atoms with E-state index < -0.39 is 35.7 Å². The molecule has 2 fully saturated rings. The van der Waals surface area contributed by atoms with Gasteiger partial charge in [0.15, 0.2) is 0 Å². The molecule has 2 aliphatic heterocycles. The standard InChI is InChI=1S/C23H27F3N5O2.3CH3.Sn/c1-5-14-8-16(6-7-19(14)29-20-27-10-15(11-28-20)23(24,25)26)30-12-18-9-17(30)13-31(18)21(32)33-22(2,3)4;;;;/h6-8,10,17-18H,5,9,12-13H2,1-4H3,(H,27,28,29);3*1H3;/t17-,18-;;;;/m1..../s1.